The summed E-state index contributed by atoms with van der Waals surface area (Å²) < 4.78 is 1.93. The van der Waals surface area contributed by atoms with E-state index in [1.54, 1.807) is 12.5 Å². The van der Waals surface area contributed by atoms with Crippen molar-refractivity contribution in [1.82, 2.24) is 44.6 Å². The first kappa shape index (κ1) is 20.3. The molecule has 6 aromatic heterocycles. The third kappa shape index (κ3) is 3.52. The number of aromatic amines is 2. The number of rotatable bonds is 5. The zero-order chi connectivity index (χ0) is 23.2. The van der Waals surface area contributed by atoms with Crippen molar-refractivity contribution in [3.8, 4) is 28.5 Å². The van der Waals surface area contributed by atoms with Crippen LogP contribution in [-0.4, -0.2) is 58.7 Å². The van der Waals surface area contributed by atoms with Crippen molar-refractivity contribution in [2.45, 2.75) is 13.5 Å². The molecule has 0 unspecified atom stereocenters. The van der Waals surface area contributed by atoms with Gasteiger partial charge in [0.15, 0.2) is 0 Å². The van der Waals surface area contributed by atoms with Crippen molar-refractivity contribution in [2.24, 2.45) is 0 Å². The molecule has 0 atom stereocenters. The van der Waals surface area contributed by atoms with Gasteiger partial charge in [-0.3, -0.25) is 14.6 Å². The first-order valence-corrected chi connectivity index (χ1v) is 11.0. The van der Waals surface area contributed by atoms with E-state index in [1.807, 2.05) is 62.4 Å². The van der Waals surface area contributed by atoms with Crippen LogP contribution in [0.5, 0.6) is 0 Å². The Morgan fingerprint density at radius 2 is 1.94 bits per heavy atom. The molecular weight excluding hydrogens is 426 g/mol. The third-order valence-corrected chi connectivity index (χ3v) is 5.74. The average Bonchev–Trinajstić information content (AvgIpc) is 3.55. The maximum absolute atomic E-state index is 4.96. The van der Waals surface area contributed by atoms with Crippen molar-refractivity contribution in [2.75, 3.05) is 14.1 Å². The summed E-state index contributed by atoms with van der Waals surface area (Å²) in [5.74, 6) is 0.817. The molecule has 6 aromatic rings. The highest BCUT2D eigenvalue weighted by Crippen LogP contribution is 2.31. The Hall–Kier alpha value is -4.37. The van der Waals surface area contributed by atoms with Gasteiger partial charge >= 0.3 is 0 Å². The normalized spacial score (nSPS) is 11.8. The van der Waals surface area contributed by atoms with Crippen LogP contribution < -0.4 is 0 Å². The fourth-order valence-electron chi connectivity index (χ4n) is 4.24. The summed E-state index contributed by atoms with van der Waals surface area (Å²) in [7, 11) is 4.09. The zero-order valence-electron chi connectivity index (χ0n) is 19.1. The van der Waals surface area contributed by atoms with E-state index < -0.39 is 0 Å². The van der Waals surface area contributed by atoms with Crippen molar-refractivity contribution < 1.29 is 0 Å². The van der Waals surface area contributed by atoms with E-state index in [-0.39, 0.29) is 0 Å². The van der Waals surface area contributed by atoms with Crippen LogP contribution >= 0.6 is 0 Å². The molecule has 0 amide bonds. The van der Waals surface area contributed by atoms with Crippen molar-refractivity contribution >= 4 is 21.9 Å². The quantitative estimate of drug-likeness (QED) is 0.410. The first-order chi connectivity index (χ1) is 16.5. The lowest BCUT2D eigenvalue weighted by molar-refractivity contribution is 0.402. The van der Waals surface area contributed by atoms with Crippen LogP contribution in [0, 0.1) is 6.92 Å². The second-order valence-electron chi connectivity index (χ2n) is 8.69. The summed E-state index contributed by atoms with van der Waals surface area (Å²) in [6, 6.07) is 10.2. The minimum Gasteiger partial charge on any atom is -0.353 e. The number of fused-ring (bicyclic) bond motifs is 2. The predicted molar refractivity (Wildman–Crippen MR) is 131 cm³/mol. The topological polar surface area (TPSA) is 104 Å². The number of nitrogens with one attached hydrogen (secondary N) is 2. The monoisotopic (exact) mass is 449 g/mol. The number of hydrogen-bond acceptors (Lipinski definition) is 6. The fraction of sp³-hybridized carbons (Fsp3) is 0.160. The summed E-state index contributed by atoms with van der Waals surface area (Å²) >= 11 is 0. The lowest BCUT2D eigenvalue weighted by Gasteiger charge is -2.10. The van der Waals surface area contributed by atoms with E-state index in [9.17, 15) is 0 Å². The molecule has 0 saturated heterocycles. The van der Waals surface area contributed by atoms with Gasteiger partial charge in [0.05, 0.1) is 28.1 Å². The zero-order valence-corrected chi connectivity index (χ0v) is 19.1. The van der Waals surface area contributed by atoms with Crippen molar-refractivity contribution in [3.05, 3.63) is 72.7 Å². The minimum atomic E-state index is 0.762. The Labute approximate surface area is 195 Å². The summed E-state index contributed by atoms with van der Waals surface area (Å²) in [5.41, 5.74) is 8.20. The second-order valence-corrected chi connectivity index (χ2v) is 8.69. The van der Waals surface area contributed by atoms with Gasteiger partial charge in [-0.1, -0.05) is 0 Å². The average molecular weight is 450 g/mol. The van der Waals surface area contributed by atoms with Gasteiger partial charge in [0, 0.05) is 42.3 Å². The molecule has 0 radical (unpaired) electrons. The first-order valence-electron chi connectivity index (χ1n) is 11.0. The minimum absolute atomic E-state index is 0.762. The number of nitrogens with zero attached hydrogens (tertiary/aromatic N) is 7. The molecule has 0 aliphatic rings. The number of pyridine rings is 3. The summed E-state index contributed by atoms with van der Waals surface area (Å²) in [5, 5.41) is 8.68. The highest BCUT2D eigenvalue weighted by atomic mass is 15.1. The molecule has 168 valence electrons. The van der Waals surface area contributed by atoms with Gasteiger partial charge in [-0.2, -0.15) is 5.10 Å². The van der Waals surface area contributed by atoms with Crippen molar-refractivity contribution in [1.29, 1.82) is 0 Å². The van der Waals surface area contributed by atoms with Gasteiger partial charge in [0.1, 0.15) is 23.4 Å². The van der Waals surface area contributed by atoms with Gasteiger partial charge in [0.25, 0.3) is 0 Å². The maximum Gasteiger partial charge on any atom is 0.147 e. The van der Waals surface area contributed by atoms with E-state index in [0.717, 1.165) is 68.2 Å². The van der Waals surface area contributed by atoms with E-state index >= 15 is 0 Å². The highest BCUT2D eigenvalue weighted by molar-refractivity contribution is 5.96. The molecule has 0 spiro atoms. The number of hydrogen-bond donors (Lipinski definition) is 2. The molecule has 0 saturated carbocycles. The summed E-state index contributed by atoms with van der Waals surface area (Å²) in [6.07, 6.45) is 9.27. The van der Waals surface area contributed by atoms with Gasteiger partial charge in [-0.25, -0.2) is 15.0 Å². The maximum atomic E-state index is 4.96. The molecule has 6 rings (SSSR count). The SMILES string of the molecule is Cc1cn(-c2nccc3[nH]c(-c4n[nH]c5ccc(-c6cncc(CN(C)C)c6)nc45)cc23)cn1. The number of H-pyrrole nitrogens is 2. The fourth-order valence-corrected chi connectivity index (χ4v) is 4.24. The number of imidazole rings is 1. The summed E-state index contributed by atoms with van der Waals surface area (Å²) in [4.78, 5) is 23.9. The molecule has 0 fully saturated rings. The van der Waals surface area contributed by atoms with Gasteiger partial charge < -0.3 is 9.88 Å². The van der Waals surface area contributed by atoms with Crippen LogP contribution in [0.1, 0.15) is 11.3 Å². The molecule has 0 aromatic carbocycles. The standard InChI is InChI=1S/C25H23N9/c1-15-12-34(14-28-15)25-18-9-22(29-20(18)6-7-27-25)24-23-21(31-32-24)5-4-19(30-23)17-8-16(10-26-11-17)13-33(2)3/h4-12,14,29H,13H2,1-3H3,(H,31,32). The molecule has 9 heteroatoms. The Bertz CT molecular complexity index is 1640. The summed E-state index contributed by atoms with van der Waals surface area (Å²) in [6.45, 7) is 2.78. The van der Waals surface area contributed by atoms with Gasteiger partial charge in [-0.05, 0) is 56.9 Å². The van der Waals surface area contributed by atoms with Crippen LogP contribution in [0.15, 0.2) is 61.4 Å². The number of aryl methyl sites for hydroxylation is 1. The molecule has 9 nitrogen and oxygen atoms in total. The van der Waals surface area contributed by atoms with Crippen LogP contribution in [0.4, 0.5) is 0 Å². The lowest BCUT2D eigenvalue weighted by atomic mass is 10.1. The Morgan fingerprint density at radius 3 is 2.76 bits per heavy atom. The van der Waals surface area contributed by atoms with E-state index in [2.05, 4.69) is 47.2 Å². The Kier molecular flexibility index (Phi) is 4.70. The largest absolute Gasteiger partial charge is 0.353 e. The molecule has 2 N–H and O–H groups in total. The second kappa shape index (κ2) is 7.89. The highest BCUT2D eigenvalue weighted by Gasteiger charge is 2.16. The third-order valence-electron chi connectivity index (χ3n) is 5.74. The van der Waals surface area contributed by atoms with E-state index in [0.29, 0.717) is 0 Å². The van der Waals surface area contributed by atoms with Gasteiger partial charge in [-0.15, -0.1) is 0 Å². The molecule has 6 heterocycles. The number of aromatic nitrogens is 8. The van der Waals surface area contributed by atoms with Crippen LogP contribution in [-0.2, 0) is 6.54 Å². The molecule has 34 heavy (non-hydrogen) atoms. The molecule has 0 aliphatic heterocycles. The van der Waals surface area contributed by atoms with E-state index in [1.165, 1.54) is 0 Å². The van der Waals surface area contributed by atoms with Gasteiger partial charge in [0.2, 0.25) is 0 Å². The Morgan fingerprint density at radius 1 is 1.03 bits per heavy atom. The van der Waals surface area contributed by atoms with Crippen molar-refractivity contribution in [3.63, 3.8) is 0 Å². The Balaban J connectivity index is 1.45. The smallest absolute Gasteiger partial charge is 0.147 e. The van der Waals surface area contributed by atoms with E-state index in [4.69, 9.17) is 4.98 Å². The van der Waals surface area contributed by atoms with Crippen LogP contribution in [0.25, 0.3) is 50.4 Å². The predicted octanol–water partition coefficient (Wildman–Crippen LogP) is 4.12. The van der Waals surface area contributed by atoms with Crippen LogP contribution in [0.3, 0.4) is 0 Å². The molecule has 0 aliphatic carbocycles. The molecule has 0 bridgehead atoms. The lowest BCUT2D eigenvalue weighted by Crippen LogP contribution is -2.10. The van der Waals surface area contributed by atoms with Crippen LogP contribution in [0.2, 0.25) is 0 Å². The molecular formula is C25H23N9.